The maximum absolute atomic E-state index is 13.6. The van der Waals surface area contributed by atoms with Crippen molar-refractivity contribution in [1.29, 1.82) is 0 Å². The molecule has 33 heavy (non-hydrogen) atoms. The minimum Gasteiger partial charge on any atom is -0.465 e. The Morgan fingerprint density at radius 2 is 1.82 bits per heavy atom. The summed E-state index contributed by atoms with van der Waals surface area (Å²) >= 11 is 9.59. The van der Waals surface area contributed by atoms with Crippen LogP contribution >= 0.6 is 27.5 Å². The quantitative estimate of drug-likeness (QED) is 0.319. The van der Waals surface area contributed by atoms with Gasteiger partial charge in [-0.25, -0.2) is 4.79 Å². The largest absolute Gasteiger partial charge is 0.465 e. The molecule has 0 spiro atoms. The molecule has 1 unspecified atom stereocenters. The number of halogens is 2. The number of ether oxygens (including phenoxy) is 1. The van der Waals surface area contributed by atoms with Gasteiger partial charge in [-0.15, -0.1) is 0 Å². The van der Waals surface area contributed by atoms with Crippen molar-refractivity contribution in [1.82, 2.24) is 0 Å². The topological polar surface area (TPSA) is 76.8 Å². The Morgan fingerprint density at radius 3 is 2.52 bits per heavy atom. The zero-order valence-corrected chi connectivity index (χ0v) is 19.5. The molecule has 5 rings (SSSR count). The fourth-order valence-corrected chi connectivity index (χ4v) is 4.62. The second-order valence-electron chi connectivity index (χ2n) is 7.49. The molecule has 0 aliphatic carbocycles. The van der Waals surface area contributed by atoms with E-state index in [1.807, 2.05) is 0 Å². The lowest BCUT2D eigenvalue weighted by Gasteiger charge is -2.25. The molecule has 1 aliphatic heterocycles. The van der Waals surface area contributed by atoms with Crippen LogP contribution in [0.15, 0.2) is 80.4 Å². The number of fused-ring (bicyclic) bond motifs is 2. The van der Waals surface area contributed by atoms with E-state index >= 15 is 0 Å². The summed E-state index contributed by atoms with van der Waals surface area (Å²) in [6.45, 7) is 0. The van der Waals surface area contributed by atoms with Gasteiger partial charge in [-0.1, -0.05) is 45.7 Å². The number of methoxy groups -OCH3 is 1. The number of carbonyl (C=O) groups is 2. The van der Waals surface area contributed by atoms with Gasteiger partial charge in [0.2, 0.25) is 5.76 Å². The Labute approximate surface area is 201 Å². The first-order chi connectivity index (χ1) is 15.9. The fraction of sp³-hybridized carbons (Fsp3) is 0.0800. The van der Waals surface area contributed by atoms with Gasteiger partial charge in [0.25, 0.3) is 5.91 Å². The number of benzene rings is 3. The first-order valence-corrected chi connectivity index (χ1v) is 11.1. The monoisotopic (exact) mass is 523 g/mol. The molecule has 1 amide bonds. The lowest BCUT2D eigenvalue weighted by molar-refractivity contribution is 0.0600. The number of hydrogen-bond acceptors (Lipinski definition) is 5. The van der Waals surface area contributed by atoms with Gasteiger partial charge in [0.15, 0.2) is 5.43 Å². The lowest BCUT2D eigenvalue weighted by atomic mass is 9.97. The summed E-state index contributed by atoms with van der Waals surface area (Å²) in [7, 11) is 1.30. The molecule has 8 heteroatoms. The zero-order chi connectivity index (χ0) is 23.3. The highest BCUT2D eigenvalue weighted by atomic mass is 79.9. The molecule has 0 N–H and O–H groups in total. The van der Waals surface area contributed by atoms with Gasteiger partial charge in [-0.3, -0.25) is 14.5 Å². The maximum atomic E-state index is 13.6. The van der Waals surface area contributed by atoms with E-state index in [1.165, 1.54) is 12.0 Å². The summed E-state index contributed by atoms with van der Waals surface area (Å²) in [5, 5.41) is 0.810. The molecule has 164 valence electrons. The molecule has 1 atom stereocenters. The average Bonchev–Trinajstić information content (AvgIpc) is 3.11. The number of nitrogens with zero attached hydrogens (tertiary/aromatic N) is 1. The van der Waals surface area contributed by atoms with Crippen molar-refractivity contribution in [3.63, 3.8) is 0 Å². The number of hydrogen-bond donors (Lipinski definition) is 0. The van der Waals surface area contributed by atoms with Gasteiger partial charge < -0.3 is 9.15 Å². The fourth-order valence-electron chi connectivity index (χ4n) is 4.07. The van der Waals surface area contributed by atoms with Gasteiger partial charge in [0.05, 0.1) is 29.7 Å². The Bertz CT molecular complexity index is 1500. The van der Waals surface area contributed by atoms with Crippen LogP contribution in [0.25, 0.3) is 11.0 Å². The van der Waals surface area contributed by atoms with Crippen molar-refractivity contribution in [3.05, 3.63) is 109 Å². The van der Waals surface area contributed by atoms with E-state index in [4.69, 9.17) is 20.8 Å². The van der Waals surface area contributed by atoms with Gasteiger partial charge >= 0.3 is 5.97 Å². The molecule has 0 saturated heterocycles. The number of rotatable bonds is 3. The zero-order valence-electron chi connectivity index (χ0n) is 17.2. The standard InChI is InChI=1S/C25H15BrClNO5/c1-32-25(31)14-7-5-13(6-8-14)21-20-22(29)18-11-15(26)9-10-19(18)33-23(20)24(30)28(21)17-4-2-3-16(27)12-17/h2-12,21H,1H3. The SMILES string of the molecule is COC(=O)c1ccc(C2c3c(oc4ccc(Br)cc4c3=O)C(=O)N2c2cccc(Cl)c2)cc1. The van der Waals surface area contributed by atoms with Crippen LogP contribution in [0.3, 0.4) is 0 Å². The normalized spacial score (nSPS) is 15.1. The van der Waals surface area contributed by atoms with E-state index in [9.17, 15) is 14.4 Å². The first kappa shape index (κ1) is 21.4. The highest BCUT2D eigenvalue weighted by molar-refractivity contribution is 9.10. The van der Waals surface area contributed by atoms with E-state index in [2.05, 4.69) is 15.9 Å². The van der Waals surface area contributed by atoms with Gasteiger partial charge in [-0.2, -0.15) is 0 Å². The van der Waals surface area contributed by atoms with Crippen LogP contribution in [0.1, 0.15) is 38.1 Å². The van der Waals surface area contributed by atoms with Crippen LogP contribution in [-0.4, -0.2) is 19.0 Å². The van der Waals surface area contributed by atoms with Crippen molar-refractivity contribution in [2.75, 3.05) is 12.0 Å². The second-order valence-corrected chi connectivity index (χ2v) is 8.84. The summed E-state index contributed by atoms with van der Waals surface area (Å²) in [5.74, 6) is -0.945. The second kappa shape index (κ2) is 8.17. The predicted octanol–water partition coefficient (Wildman–Crippen LogP) is 5.75. The highest BCUT2D eigenvalue weighted by Gasteiger charge is 2.43. The van der Waals surface area contributed by atoms with Crippen LogP contribution in [0, 0.1) is 0 Å². The summed E-state index contributed by atoms with van der Waals surface area (Å²) < 4.78 is 11.4. The number of carbonyl (C=O) groups excluding carboxylic acids is 2. The van der Waals surface area contributed by atoms with E-state index in [0.29, 0.717) is 32.8 Å². The third-order valence-electron chi connectivity index (χ3n) is 5.57. The third-order valence-corrected chi connectivity index (χ3v) is 6.29. The predicted molar refractivity (Wildman–Crippen MR) is 128 cm³/mol. The van der Waals surface area contributed by atoms with Crippen molar-refractivity contribution in [2.24, 2.45) is 0 Å². The van der Waals surface area contributed by atoms with Crippen LogP contribution in [0.5, 0.6) is 0 Å². The molecule has 0 radical (unpaired) electrons. The summed E-state index contributed by atoms with van der Waals surface area (Å²) in [6.07, 6.45) is 0. The molecule has 0 fully saturated rings. The number of anilines is 1. The minimum absolute atomic E-state index is 0.0168. The van der Waals surface area contributed by atoms with E-state index in [1.54, 1.807) is 66.7 Å². The van der Waals surface area contributed by atoms with E-state index in [-0.39, 0.29) is 16.8 Å². The van der Waals surface area contributed by atoms with Crippen LogP contribution in [0.2, 0.25) is 5.02 Å². The van der Waals surface area contributed by atoms with Crippen molar-refractivity contribution < 1.29 is 18.7 Å². The smallest absolute Gasteiger partial charge is 0.337 e. The molecular weight excluding hydrogens is 510 g/mol. The van der Waals surface area contributed by atoms with Gasteiger partial charge in [-0.05, 0) is 54.1 Å². The number of amides is 1. The molecule has 0 saturated carbocycles. The Kier molecular flexibility index (Phi) is 5.31. The molecule has 6 nitrogen and oxygen atoms in total. The van der Waals surface area contributed by atoms with E-state index in [0.717, 1.165) is 4.47 Å². The van der Waals surface area contributed by atoms with Crippen molar-refractivity contribution in [3.8, 4) is 0 Å². The van der Waals surface area contributed by atoms with Gasteiger partial charge in [0.1, 0.15) is 5.58 Å². The molecular formula is C25H15BrClNO5. The third kappa shape index (κ3) is 3.53. The first-order valence-electron chi connectivity index (χ1n) is 9.92. The summed E-state index contributed by atoms with van der Waals surface area (Å²) in [5.41, 5.74) is 1.77. The molecule has 1 aliphatic rings. The summed E-state index contributed by atoms with van der Waals surface area (Å²) in [4.78, 5) is 40.5. The lowest BCUT2D eigenvalue weighted by Crippen LogP contribution is -2.29. The van der Waals surface area contributed by atoms with Gasteiger partial charge in [0, 0.05) is 15.2 Å². The molecule has 4 aromatic rings. The van der Waals surface area contributed by atoms with E-state index < -0.39 is 17.9 Å². The number of esters is 1. The molecule has 2 heterocycles. The Morgan fingerprint density at radius 1 is 1.06 bits per heavy atom. The van der Waals surface area contributed by atoms with Crippen LogP contribution in [0.4, 0.5) is 5.69 Å². The highest BCUT2D eigenvalue weighted by Crippen LogP contribution is 2.42. The molecule has 3 aromatic carbocycles. The minimum atomic E-state index is -0.766. The molecule has 0 bridgehead atoms. The van der Waals surface area contributed by atoms with Crippen LogP contribution < -0.4 is 10.3 Å². The Balaban J connectivity index is 1.77. The summed E-state index contributed by atoms with van der Waals surface area (Å²) in [6, 6.07) is 17.7. The maximum Gasteiger partial charge on any atom is 0.337 e. The Hall–Kier alpha value is -3.42. The van der Waals surface area contributed by atoms with Crippen molar-refractivity contribution >= 4 is 56.1 Å². The average molecular weight is 525 g/mol. The van der Waals surface area contributed by atoms with Crippen molar-refractivity contribution in [2.45, 2.75) is 6.04 Å². The van der Waals surface area contributed by atoms with Crippen LogP contribution in [-0.2, 0) is 4.74 Å². The molecule has 1 aromatic heterocycles.